The zero-order chi connectivity index (χ0) is 31.6. The van der Waals surface area contributed by atoms with Crippen LogP contribution in [-0.2, 0) is 0 Å². The fourth-order valence-corrected chi connectivity index (χ4v) is 7.57. The molecule has 4 nitrogen and oxygen atoms in total. The van der Waals surface area contributed by atoms with E-state index in [1.165, 1.54) is 49.2 Å². The van der Waals surface area contributed by atoms with Crippen LogP contribution in [0.1, 0.15) is 17.2 Å². The first-order chi connectivity index (χ1) is 23.8. The van der Waals surface area contributed by atoms with Crippen LogP contribution < -0.4 is 5.32 Å². The molecule has 1 N–H and O–H groups in total. The second kappa shape index (κ2) is 10.6. The number of nitrogens with zero attached hydrogens (tertiary/aromatic N) is 3. The van der Waals surface area contributed by atoms with Crippen molar-refractivity contribution in [3.63, 3.8) is 0 Å². The number of aromatic nitrogens is 2. The van der Waals surface area contributed by atoms with Crippen LogP contribution in [0.3, 0.4) is 0 Å². The van der Waals surface area contributed by atoms with Crippen molar-refractivity contribution in [1.82, 2.24) is 9.13 Å². The highest BCUT2D eigenvalue weighted by atomic mass is 15.0. The Morgan fingerprint density at radius 1 is 0.438 bits per heavy atom. The van der Waals surface area contributed by atoms with Crippen LogP contribution in [0.2, 0.25) is 0 Å². The van der Waals surface area contributed by atoms with Crippen molar-refractivity contribution >= 4 is 60.7 Å². The lowest BCUT2D eigenvalue weighted by atomic mass is 9.94. The van der Waals surface area contributed by atoms with Crippen LogP contribution in [0.25, 0.3) is 55.0 Å². The summed E-state index contributed by atoms with van der Waals surface area (Å²) < 4.78 is 4.81. The largest absolute Gasteiger partial charge is 0.371 e. The molecule has 0 bridgehead atoms. The minimum absolute atomic E-state index is 0.0734. The Hall–Kier alpha value is -6.39. The first-order valence-corrected chi connectivity index (χ1v) is 16.4. The molecule has 0 radical (unpaired) electrons. The summed E-state index contributed by atoms with van der Waals surface area (Å²) in [5.74, 6) is 0. The Morgan fingerprint density at radius 3 is 1.65 bits per heavy atom. The molecule has 7 aromatic carbocycles. The maximum Gasteiger partial charge on any atom is 0.0947 e. The van der Waals surface area contributed by atoms with Gasteiger partial charge in [-0.1, -0.05) is 109 Å². The number of aliphatic imine (C=N–C) groups is 1. The molecule has 0 aliphatic carbocycles. The average Bonchev–Trinajstić information content (AvgIpc) is 3.66. The summed E-state index contributed by atoms with van der Waals surface area (Å²) in [7, 11) is 0. The van der Waals surface area contributed by atoms with Gasteiger partial charge in [0.2, 0.25) is 0 Å². The van der Waals surface area contributed by atoms with Gasteiger partial charge in [-0.2, -0.15) is 0 Å². The lowest BCUT2D eigenvalue weighted by Gasteiger charge is -2.28. The summed E-state index contributed by atoms with van der Waals surface area (Å²) in [6.07, 6.45) is 0. The third kappa shape index (κ3) is 4.06. The molecular weight excluding hydrogens is 585 g/mol. The van der Waals surface area contributed by atoms with Gasteiger partial charge in [0.15, 0.2) is 0 Å². The highest BCUT2D eigenvalue weighted by Crippen LogP contribution is 2.41. The zero-order valence-corrected chi connectivity index (χ0v) is 26.1. The number of rotatable bonds is 4. The van der Waals surface area contributed by atoms with Gasteiger partial charge in [0.05, 0.1) is 45.2 Å². The summed E-state index contributed by atoms with van der Waals surface area (Å²) in [4.78, 5) is 5.15. The molecule has 2 aromatic heterocycles. The number of anilines is 1. The summed E-state index contributed by atoms with van der Waals surface area (Å²) in [5, 5.41) is 8.81. The van der Waals surface area contributed by atoms with E-state index >= 15 is 0 Å². The molecule has 1 aliphatic heterocycles. The first kappa shape index (κ1) is 26.8. The predicted octanol–water partition coefficient (Wildman–Crippen LogP) is 11.2. The molecule has 0 amide bonds. The van der Waals surface area contributed by atoms with Crippen molar-refractivity contribution in [1.29, 1.82) is 0 Å². The van der Waals surface area contributed by atoms with Crippen molar-refractivity contribution in [2.24, 2.45) is 4.99 Å². The number of fused-ring (bicyclic) bond motifs is 7. The van der Waals surface area contributed by atoms with Gasteiger partial charge in [-0.05, 0) is 71.8 Å². The quantitative estimate of drug-likeness (QED) is 0.210. The molecule has 1 atom stereocenters. The van der Waals surface area contributed by atoms with Crippen LogP contribution in [0, 0.1) is 0 Å². The van der Waals surface area contributed by atoms with Gasteiger partial charge in [-0.25, -0.2) is 4.99 Å². The normalized spacial score (nSPS) is 14.3. The van der Waals surface area contributed by atoms with Gasteiger partial charge in [0.25, 0.3) is 0 Å². The van der Waals surface area contributed by atoms with E-state index < -0.39 is 0 Å². The number of para-hydroxylation sites is 5. The lowest BCUT2D eigenvalue weighted by Crippen LogP contribution is -2.24. The van der Waals surface area contributed by atoms with Crippen LogP contribution >= 0.6 is 0 Å². The molecule has 0 saturated carbocycles. The maximum atomic E-state index is 5.15. The van der Waals surface area contributed by atoms with Gasteiger partial charge in [-0.15, -0.1) is 0 Å². The standard InChI is InChI=1S/C44H30N4/c1-3-13-29(14-4-1)43-44(46-38-20-10-9-19-37(38)45-43)30-23-25-32(26-24-30)48-40-22-12-8-18-34(40)36-27-35-33-17-7-11-21-39(33)47(41(35)28-42(36)48)31-15-5-2-6-16-31/h1-28,44,46H. The molecule has 3 heterocycles. The van der Waals surface area contributed by atoms with Gasteiger partial charge >= 0.3 is 0 Å². The number of nitrogens with one attached hydrogen (secondary N) is 1. The Labute approximate surface area is 277 Å². The molecule has 0 saturated heterocycles. The topological polar surface area (TPSA) is 34.2 Å². The highest BCUT2D eigenvalue weighted by Gasteiger charge is 2.25. The van der Waals surface area contributed by atoms with E-state index in [1.54, 1.807) is 0 Å². The fourth-order valence-electron chi connectivity index (χ4n) is 7.57. The van der Waals surface area contributed by atoms with Crippen molar-refractivity contribution in [2.75, 3.05) is 5.32 Å². The molecular formula is C44H30N4. The van der Waals surface area contributed by atoms with E-state index in [9.17, 15) is 0 Å². The van der Waals surface area contributed by atoms with Gasteiger partial charge in [0, 0.05) is 32.9 Å². The monoisotopic (exact) mass is 614 g/mol. The predicted molar refractivity (Wildman–Crippen MR) is 201 cm³/mol. The SMILES string of the molecule is c1ccc(C2=Nc3ccccc3NC2c2ccc(-n3c4ccccc4c4cc5c6ccccc6n(-c6ccccc6)c5cc43)cc2)cc1. The minimum Gasteiger partial charge on any atom is -0.371 e. The molecule has 1 aliphatic rings. The van der Waals surface area contributed by atoms with E-state index in [1.807, 2.05) is 6.07 Å². The van der Waals surface area contributed by atoms with Crippen LogP contribution in [0.5, 0.6) is 0 Å². The molecule has 48 heavy (non-hydrogen) atoms. The van der Waals surface area contributed by atoms with Crippen molar-refractivity contribution < 1.29 is 0 Å². The summed E-state index contributed by atoms with van der Waals surface area (Å²) in [5.41, 5.74) is 12.4. The first-order valence-electron chi connectivity index (χ1n) is 16.4. The van der Waals surface area contributed by atoms with Gasteiger partial charge in [0.1, 0.15) is 0 Å². The molecule has 10 rings (SSSR count). The fraction of sp³-hybridized carbons (Fsp3) is 0.0227. The third-order valence-electron chi connectivity index (χ3n) is 9.75. The Balaban J connectivity index is 1.16. The maximum absolute atomic E-state index is 5.15. The van der Waals surface area contributed by atoms with Gasteiger partial charge in [-0.3, -0.25) is 0 Å². The van der Waals surface area contributed by atoms with Crippen LogP contribution in [-0.4, -0.2) is 14.8 Å². The molecule has 226 valence electrons. The van der Waals surface area contributed by atoms with E-state index in [2.05, 4.69) is 178 Å². The molecule has 1 unspecified atom stereocenters. The van der Waals surface area contributed by atoms with Crippen LogP contribution in [0.4, 0.5) is 11.4 Å². The zero-order valence-electron chi connectivity index (χ0n) is 26.1. The Bertz CT molecular complexity index is 2680. The second-order valence-electron chi connectivity index (χ2n) is 12.5. The average molecular weight is 615 g/mol. The van der Waals surface area contributed by atoms with E-state index in [4.69, 9.17) is 4.99 Å². The van der Waals surface area contributed by atoms with Crippen LogP contribution in [0.15, 0.2) is 175 Å². The Morgan fingerprint density at radius 2 is 0.979 bits per heavy atom. The number of benzene rings is 7. The van der Waals surface area contributed by atoms with Gasteiger partial charge < -0.3 is 14.5 Å². The third-order valence-corrected chi connectivity index (χ3v) is 9.75. The van der Waals surface area contributed by atoms with Crippen molar-refractivity contribution in [3.05, 3.63) is 181 Å². The highest BCUT2D eigenvalue weighted by molar-refractivity contribution is 6.19. The molecule has 0 fully saturated rings. The Kier molecular flexibility index (Phi) is 5.90. The lowest BCUT2D eigenvalue weighted by molar-refractivity contribution is 1.01. The minimum atomic E-state index is -0.0734. The van der Waals surface area contributed by atoms with E-state index in [-0.39, 0.29) is 6.04 Å². The summed E-state index contributed by atoms with van der Waals surface area (Å²) >= 11 is 0. The van der Waals surface area contributed by atoms with Crippen molar-refractivity contribution in [2.45, 2.75) is 6.04 Å². The van der Waals surface area contributed by atoms with Crippen molar-refractivity contribution in [3.8, 4) is 11.4 Å². The number of hydrogen-bond donors (Lipinski definition) is 1. The molecule has 4 heteroatoms. The smallest absolute Gasteiger partial charge is 0.0947 e. The molecule has 0 spiro atoms. The summed E-state index contributed by atoms with van der Waals surface area (Å²) in [6, 6.07) is 60.7. The van der Waals surface area contributed by atoms with E-state index in [0.717, 1.165) is 34.0 Å². The summed E-state index contributed by atoms with van der Waals surface area (Å²) in [6.45, 7) is 0. The second-order valence-corrected chi connectivity index (χ2v) is 12.5. The number of hydrogen-bond acceptors (Lipinski definition) is 2. The van der Waals surface area contributed by atoms with E-state index in [0.29, 0.717) is 0 Å². The molecule has 9 aromatic rings.